The Labute approximate surface area is 141 Å². The van der Waals surface area contributed by atoms with Gasteiger partial charge in [0.1, 0.15) is 0 Å². The average molecular weight is 344 g/mol. The van der Waals surface area contributed by atoms with Crippen LogP contribution in [0.3, 0.4) is 0 Å². The van der Waals surface area contributed by atoms with E-state index in [1.807, 2.05) is 18.2 Å². The van der Waals surface area contributed by atoms with Crippen molar-refractivity contribution in [1.82, 2.24) is 15.0 Å². The van der Waals surface area contributed by atoms with E-state index < -0.39 is 0 Å². The van der Waals surface area contributed by atoms with Crippen LogP contribution in [0.15, 0.2) is 41.5 Å². The van der Waals surface area contributed by atoms with E-state index in [9.17, 15) is 4.79 Å². The number of aromatic amines is 2. The van der Waals surface area contributed by atoms with Gasteiger partial charge in [0.2, 0.25) is 0 Å². The highest BCUT2D eigenvalue weighted by atomic mass is 35.5. The number of nitrogens with one attached hydrogen (secondary N) is 2. The summed E-state index contributed by atoms with van der Waals surface area (Å²) in [4.78, 5) is 22.8. The smallest absolute Gasteiger partial charge is 0.252 e. The molecule has 0 saturated carbocycles. The molecule has 0 aliphatic rings. The third-order valence-corrected chi connectivity index (χ3v) is 4.40. The molecule has 4 nitrogen and oxygen atoms in total. The number of fused-ring (bicyclic) bond motifs is 3. The minimum Gasteiger partial charge on any atom is -0.353 e. The number of halogens is 2. The second-order valence-electron chi connectivity index (χ2n) is 5.41. The van der Waals surface area contributed by atoms with E-state index >= 15 is 0 Å². The maximum atomic E-state index is 12.4. The van der Waals surface area contributed by atoms with Crippen molar-refractivity contribution in [1.29, 1.82) is 0 Å². The molecule has 1 aromatic carbocycles. The van der Waals surface area contributed by atoms with Gasteiger partial charge in [0.15, 0.2) is 0 Å². The number of rotatable bonds is 1. The molecule has 2 N–H and O–H groups in total. The van der Waals surface area contributed by atoms with Crippen molar-refractivity contribution in [3.63, 3.8) is 0 Å². The number of pyridine rings is 2. The Morgan fingerprint density at radius 2 is 1.83 bits per heavy atom. The minimum atomic E-state index is -0.145. The predicted octanol–water partition coefficient (Wildman–Crippen LogP) is 4.69. The molecule has 0 unspecified atom stereocenters. The highest BCUT2D eigenvalue weighted by Gasteiger charge is 2.16. The van der Waals surface area contributed by atoms with Gasteiger partial charge >= 0.3 is 0 Å². The zero-order valence-corrected chi connectivity index (χ0v) is 13.6. The molecule has 3 heterocycles. The molecule has 0 atom stereocenters. The van der Waals surface area contributed by atoms with Gasteiger partial charge in [-0.25, -0.2) is 0 Å². The van der Waals surface area contributed by atoms with Crippen LogP contribution in [-0.2, 0) is 0 Å². The summed E-state index contributed by atoms with van der Waals surface area (Å²) in [5.41, 5.74) is 4.53. The van der Waals surface area contributed by atoms with Crippen LogP contribution in [0.25, 0.3) is 33.1 Å². The van der Waals surface area contributed by atoms with Gasteiger partial charge in [0, 0.05) is 45.0 Å². The van der Waals surface area contributed by atoms with Crippen LogP contribution in [0.2, 0.25) is 10.0 Å². The highest BCUT2D eigenvalue weighted by Crippen LogP contribution is 2.34. The summed E-state index contributed by atoms with van der Waals surface area (Å²) in [6, 6.07) is 7.34. The molecule has 0 bridgehead atoms. The van der Waals surface area contributed by atoms with Gasteiger partial charge in [-0.1, -0.05) is 23.2 Å². The summed E-state index contributed by atoms with van der Waals surface area (Å²) in [5, 5.41) is 2.01. The number of nitrogens with zero attached hydrogens (tertiary/aromatic N) is 1. The summed E-state index contributed by atoms with van der Waals surface area (Å²) in [5.74, 6) is 0. The molecular weight excluding hydrogens is 333 g/mol. The molecule has 6 heteroatoms. The molecule has 3 aromatic heterocycles. The highest BCUT2D eigenvalue weighted by molar-refractivity contribution is 6.32. The monoisotopic (exact) mass is 343 g/mol. The summed E-state index contributed by atoms with van der Waals surface area (Å²) in [6.07, 6.45) is 3.27. The number of hydrogen-bond acceptors (Lipinski definition) is 2. The Hall–Kier alpha value is -2.30. The van der Waals surface area contributed by atoms with Gasteiger partial charge in [0.05, 0.1) is 16.1 Å². The molecule has 23 heavy (non-hydrogen) atoms. The Morgan fingerprint density at radius 3 is 2.61 bits per heavy atom. The lowest BCUT2D eigenvalue weighted by atomic mass is 10.0. The van der Waals surface area contributed by atoms with Gasteiger partial charge in [0.25, 0.3) is 5.56 Å². The number of aromatic nitrogens is 3. The first-order valence-electron chi connectivity index (χ1n) is 6.99. The summed E-state index contributed by atoms with van der Waals surface area (Å²) in [6.45, 7) is 1.78. The van der Waals surface area contributed by atoms with Crippen molar-refractivity contribution in [2.24, 2.45) is 0 Å². The first kappa shape index (κ1) is 14.3. The molecule has 0 spiro atoms. The van der Waals surface area contributed by atoms with Crippen molar-refractivity contribution in [3.05, 3.63) is 62.6 Å². The SMILES string of the molecule is Cc1c(-c2cncc(Cl)c2)c2[nH]c3ccc(Cl)cc3c2[nH]c1=O. The fourth-order valence-electron chi connectivity index (χ4n) is 2.90. The molecule has 0 radical (unpaired) electrons. The lowest BCUT2D eigenvalue weighted by Gasteiger charge is -2.07. The third-order valence-electron chi connectivity index (χ3n) is 3.96. The first-order valence-corrected chi connectivity index (χ1v) is 7.75. The maximum Gasteiger partial charge on any atom is 0.252 e. The zero-order valence-electron chi connectivity index (χ0n) is 12.1. The Kier molecular flexibility index (Phi) is 3.18. The van der Waals surface area contributed by atoms with Crippen LogP contribution in [-0.4, -0.2) is 15.0 Å². The number of H-pyrrole nitrogens is 2. The fraction of sp³-hybridized carbons (Fsp3) is 0.0588. The fourth-order valence-corrected chi connectivity index (χ4v) is 3.25. The Morgan fingerprint density at radius 1 is 1.00 bits per heavy atom. The molecule has 0 fully saturated rings. The van der Waals surface area contributed by atoms with Crippen LogP contribution < -0.4 is 5.56 Å². The molecule has 0 amide bonds. The summed E-state index contributed by atoms with van der Waals surface area (Å²) in [7, 11) is 0. The van der Waals surface area contributed by atoms with Crippen LogP contribution in [0.1, 0.15) is 5.56 Å². The van der Waals surface area contributed by atoms with E-state index in [-0.39, 0.29) is 5.56 Å². The van der Waals surface area contributed by atoms with E-state index in [2.05, 4.69) is 15.0 Å². The van der Waals surface area contributed by atoms with E-state index in [0.29, 0.717) is 15.6 Å². The molecule has 0 aliphatic heterocycles. The minimum absolute atomic E-state index is 0.145. The third kappa shape index (κ3) is 2.22. The van der Waals surface area contributed by atoms with Gasteiger partial charge in [-0.05, 0) is 31.2 Å². The van der Waals surface area contributed by atoms with Crippen molar-refractivity contribution >= 4 is 45.1 Å². The van der Waals surface area contributed by atoms with Gasteiger partial charge in [-0.2, -0.15) is 0 Å². The summed E-state index contributed by atoms with van der Waals surface area (Å²) >= 11 is 12.2. The van der Waals surface area contributed by atoms with Crippen LogP contribution in [0, 0.1) is 6.92 Å². The van der Waals surface area contributed by atoms with Gasteiger partial charge in [-0.3, -0.25) is 9.78 Å². The van der Waals surface area contributed by atoms with Crippen LogP contribution in [0.5, 0.6) is 0 Å². The normalized spacial score (nSPS) is 11.4. The molecule has 0 saturated heterocycles. The van der Waals surface area contributed by atoms with Crippen LogP contribution >= 0.6 is 23.2 Å². The van der Waals surface area contributed by atoms with Crippen molar-refractivity contribution < 1.29 is 0 Å². The average Bonchev–Trinajstić information content (AvgIpc) is 2.86. The quantitative estimate of drug-likeness (QED) is 0.526. The molecule has 4 aromatic rings. The Balaban J connectivity index is 2.20. The van der Waals surface area contributed by atoms with E-state index in [1.54, 1.807) is 25.4 Å². The predicted molar refractivity (Wildman–Crippen MR) is 94.4 cm³/mol. The lowest BCUT2D eigenvalue weighted by Crippen LogP contribution is -2.10. The van der Waals surface area contributed by atoms with Crippen LogP contribution in [0.4, 0.5) is 0 Å². The van der Waals surface area contributed by atoms with Crippen molar-refractivity contribution in [2.45, 2.75) is 6.92 Å². The standard InChI is InChI=1S/C17H11Cl2N3O/c1-8-14(9-4-11(19)7-20-6-9)16-15(22-17(8)23)12-5-10(18)2-3-13(12)21-16/h2-7,21H,1H3,(H,22,23). The summed E-state index contributed by atoms with van der Waals surface area (Å²) < 4.78 is 0. The molecule has 0 aliphatic carbocycles. The maximum absolute atomic E-state index is 12.4. The first-order chi connectivity index (χ1) is 11.0. The van der Waals surface area contributed by atoms with Crippen molar-refractivity contribution in [2.75, 3.05) is 0 Å². The zero-order chi connectivity index (χ0) is 16.1. The van der Waals surface area contributed by atoms with Gasteiger partial charge < -0.3 is 9.97 Å². The largest absolute Gasteiger partial charge is 0.353 e. The lowest BCUT2D eigenvalue weighted by molar-refractivity contribution is 1.23. The topological polar surface area (TPSA) is 61.5 Å². The number of hydrogen-bond donors (Lipinski definition) is 2. The van der Waals surface area contributed by atoms with E-state index in [4.69, 9.17) is 23.2 Å². The van der Waals surface area contributed by atoms with Crippen molar-refractivity contribution in [3.8, 4) is 11.1 Å². The van der Waals surface area contributed by atoms with E-state index in [1.165, 1.54) is 0 Å². The molecular formula is C17H11Cl2N3O. The van der Waals surface area contributed by atoms with E-state index in [0.717, 1.165) is 33.1 Å². The van der Waals surface area contributed by atoms with Gasteiger partial charge in [-0.15, -0.1) is 0 Å². The Bertz CT molecular complexity index is 1130. The number of benzene rings is 1. The second-order valence-corrected chi connectivity index (χ2v) is 6.28. The second kappa shape index (κ2) is 5.11. The molecule has 4 rings (SSSR count). The molecule has 114 valence electrons.